The third-order valence-corrected chi connectivity index (χ3v) is 3.89. The second kappa shape index (κ2) is 7.00. The van der Waals surface area contributed by atoms with Crippen LogP contribution in [0.15, 0.2) is 18.2 Å². The zero-order chi connectivity index (χ0) is 13.9. The summed E-state index contributed by atoms with van der Waals surface area (Å²) in [6.45, 7) is 4.13. The molecule has 0 aromatic heterocycles. The molecule has 3 rings (SSSR count). The van der Waals surface area contributed by atoms with Crippen molar-refractivity contribution in [1.82, 2.24) is 10.6 Å². The number of piperidine rings is 1. The average Bonchev–Trinajstić information content (AvgIpc) is 2.49. The first-order valence-corrected chi connectivity index (χ1v) is 7.18. The normalized spacial score (nSPS) is 23.9. The second-order valence-corrected chi connectivity index (χ2v) is 5.29. The van der Waals surface area contributed by atoms with E-state index in [4.69, 9.17) is 9.47 Å². The van der Waals surface area contributed by atoms with Crippen LogP contribution >= 0.6 is 12.4 Å². The number of nitrogens with one attached hydrogen (secondary N) is 2. The van der Waals surface area contributed by atoms with Gasteiger partial charge in [0.2, 0.25) is 0 Å². The Morgan fingerprint density at radius 1 is 1.33 bits per heavy atom. The fourth-order valence-corrected chi connectivity index (χ4v) is 2.74. The maximum atomic E-state index is 12.5. The van der Waals surface area contributed by atoms with Crippen LogP contribution in [-0.4, -0.2) is 37.7 Å². The first kappa shape index (κ1) is 15.9. The fourth-order valence-electron chi connectivity index (χ4n) is 2.74. The Balaban J connectivity index is 0.00000161. The van der Waals surface area contributed by atoms with E-state index >= 15 is 0 Å². The molecule has 1 aromatic rings. The van der Waals surface area contributed by atoms with E-state index in [-0.39, 0.29) is 24.4 Å². The van der Waals surface area contributed by atoms with Crippen molar-refractivity contribution in [3.8, 4) is 11.5 Å². The molecule has 116 valence electrons. The minimum absolute atomic E-state index is 0. The lowest BCUT2D eigenvalue weighted by molar-refractivity contribution is 0.0909. The van der Waals surface area contributed by atoms with Crippen molar-refractivity contribution in [2.45, 2.75) is 31.8 Å². The largest absolute Gasteiger partial charge is 0.486 e. The minimum Gasteiger partial charge on any atom is -0.486 e. The number of carbonyl (C=O) groups is 1. The number of amides is 1. The summed E-state index contributed by atoms with van der Waals surface area (Å²) in [5, 5.41) is 6.48. The first-order valence-electron chi connectivity index (χ1n) is 7.18. The van der Waals surface area contributed by atoms with Gasteiger partial charge in [0.25, 0.3) is 5.91 Å². The number of benzene rings is 1. The van der Waals surface area contributed by atoms with E-state index in [2.05, 4.69) is 17.6 Å². The van der Waals surface area contributed by atoms with Gasteiger partial charge in [-0.1, -0.05) is 6.07 Å². The maximum absolute atomic E-state index is 12.5. The summed E-state index contributed by atoms with van der Waals surface area (Å²) in [7, 11) is 0. The maximum Gasteiger partial charge on any atom is 0.255 e. The van der Waals surface area contributed by atoms with Crippen LogP contribution in [0.5, 0.6) is 11.5 Å². The molecule has 1 fully saturated rings. The molecule has 21 heavy (non-hydrogen) atoms. The van der Waals surface area contributed by atoms with Gasteiger partial charge in [0.1, 0.15) is 13.2 Å². The predicted molar refractivity (Wildman–Crippen MR) is 82.6 cm³/mol. The van der Waals surface area contributed by atoms with Crippen molar-refractivity contribution >= 4 is 18.3 Å². The van der Waals surface area contributed by atoms with Gasteiger partial charge in [-0.05, 0) is 38.4 Å². The standard InChI is InChI=1S/C15H20N2O3.ClH/c1-10-12(5-3-7-16-10)17-15(18)11-4-2-6-13-14(11)20-9-8-19-13;/h2,4,6,10,12,16H,3,5,7-9H2,1H3,(H,17,18);1H. The van der Waals surface area contributed by atoms with Gasteiger partial charge >= 0.3 is 0 Å². The van der Waals surface area contributed by atoms with Crippen LogP contribution in [0.3, 0.4) is 0 Å². The van der Waals surface area contributed by atoms with Crippen LogP contribution in [0.1, 0.15) is 30.1 Å². The van der Waals surface area contributed by atoms with Gasteiger partial charge in [-0.25, -0.2) is 0 Å². The molecule has 0 saturated carbocycles. The van der Waals surface area contributed by atoms with Gasteiger partial charge in [-0.15, -0.1) is 12.4 Å². The Morgan fingerprint density at radius 3 is 2.95 bits per heavy atom. The van der Waals surface area contributed by atoms with Crippen molar-refractivity contribution in [2.24, 2.45) is 0 Å². The number of carbonyl (C=O) groups excluding carboxylic acids is 1. The fraction of sp³-hybridized carbons (Fsp3) is 0.533. The van der Waals surface area contributed by atoms with E-state index in [1.807, 2.05) is 12.1 Å². The van der Waals surface area contributed by atoms with Gasteiger partial charge in [0.15, 0.2) is 11.5 Å². The Kier molecular flexibility index (Phi) is 5.31. The summed E-state index contributed by atoms with van der Waals surface area (Å²) in [4.78, 5) is 12.5. The molecule has 2 aliphatic rings. The van der Waals surface area contributed by atoms with Gasteiger partial charge in [-0.3, -0.25) is 4.79 Å². The Bertz CT molecular complexity index is 510. The molecular formula is C15H21ClN2O3. The second-order valence-electron chi connectivity index (χ2n) is 5.29. The molecule has 0 aliphatic carbocycles. The van der Waals surface area contributed by atoms with Crippen LogP contribution < -0.4 is 20.1 Å². The van der Waals surface area contributed by atoms with Crippen molar-refractivity contribution in [3.05, 3.63) is 23.8 Å². The van der Waals surface area contributed by atoms with Crippen molar-refractivity contribution < 1.29 is 14.3 Å². The van der Waals surface area contributed by atoms with Crippen LogP contribution in [0.2, 0.25) is 0 Å². The summed E-state index contributed by atoms with van der Waals surface area (Å²) in [6.07, 6.45) is 2.09. The van der Waals surface area contributed by atoms with E-state index < -0.39 is 0 Å². The number of hydrogen-bond donors (Lipinski definition) is 2. The van der Waals surface area contributed by atoms with Gasteiger partial charge in [-0.2, -0.15) is 0 Å². The van der Waals surface area contributed by atoms with Gasteiger partial charge in [0.05, 0.1) is 5.56 Å². The van der Waals surface area contributed by atoms with E-state index in [0.717, 1.165) is 19.4 Å². The first-order chi connectivity index (χ1) is 9.75. The Labute approximate surface area is 130 Å². The van der Waals surface area contributed by atoms with E-state index in [1.165, 1.54) is 0 Å². The molecule has 1 saturated heterocycles. The molecule has 2 heterocycles. The number of halogens is 1. The monoisotopic (exact) mass is 312 g/mol. The highest BCUT2D eigenvalue weighted by Gasteiger charge is 2.26. The van der Waals surface area contributed by atoms with Crippen molar-refractivity contribution in [3.63, 3.8) is 0 Å². The third-order valence-electron chi connectivity index (χ3n) is 3.89. The highest BCUT2D eigenvalue weighted by atomic mass is 35.5. The molecule has 5 nitrogen and oxygen atoms in total. The number of para-hydroxylation sites is 1. The zero-order valence-electron chi connectivity index (χ0n) is 12.1. The number of ether oxygens (including phenoxy) is 2. The number of rotatable bonds is 2. The molecule has 1 aromatic carbocycles. The predicted octanol–water partition coefficient (Wildman–Crippen LogP) is 1.75. The molecule has 0 bridgehead atoms. The molecule has 2 atom stereocenters. The number of fused-ring (bicyclic) bond motifs is 1. The number of hydrogen-bond acceptors (Lipinski definition) is 4. The summed E-state index contributed by atoms with van der Waals surface area (Å²) in [5.41, 5.74) is 0.556. The molecule has 2 aliphatic heterocycles. The molecule has 0 spiro atoms. The van der Waals surface area contributed by atoms with Crippen LogP contribution in [0.4, 0.5) is 0 Å². The topological polar surface area (TPSA) is 59.6 Å². The lowest BCUT2D eigenvalue weighted by Crippen LogP contribution is -2.51. The average molecular weight is 313 g/mol. The molecule has 6 heteroatoms. The molecule has 0 radical (unpaired) electrons. The minimum atomic E-state index is -0.0899. The molecule has 2 N–H and O–H groups in total. The highest BCUT2D eigenvalue weighted by Crippen LogP contribution is 2.33. The van der Waals surface area contributed by atoms with Crippen LogP contribution in [-0.2, 0) is 0 Å². The van der Waals surface area contributed by atoms with Gasteiger partial charge < -0.3 is 20.1 Å². The van der Waals surface area contributed by atoms with E-state index in [0.29, 0.717) is 36.3 Å². The van der Waals surface area contributed by atoms with Crippen LogP contribution in [0, 0.1) is 0 Å². The molecule has 1 amide bonds. The summed E-state index contributed by atoms with van der Waals surface area (Å²) < 4.78 is 11.1. The van der Waals surface area contributed by atoms with E-state index in [9.17, 15) is 4.79 Å². The van der Waals surface area contributed by atoms with Crippen LogP contribution in [0.25, 0.3) is 0 Å². The smallest absolute Gasteiger partial charge is 0.255 e. The third kappa shape index (κ3) is 3.41. The lowest BCUT2D eigenvalue weighted by atomic mass is 9.99. The van der Waals surface area contributed by atoms with Crippen molar-refractivity contribution in [1.29, 1.82) is 0 Å². The zero-order valence-corrected chi connectivity index (χ0v) is 12.9. The summed E-state index contributed by atoms with van der Waals surface area (Å²) >= 11 is 0. The molecular weight excluding hydrogens is 292 g/mol. The Hall–Kier alpha value is -1.46. The van der Waals surface area contributed by atoms with E-state index in [1.54, 1.807) is 6.07 Å². The lowest BCUT2D eigenvalue weighted by Gasteiger charge is -2.31. The Morgan fingerprint density at radius 2 is 2.14 bits per heavy atom. The summed E-state index contributed by atoms with van der Waals surface area (Å²) in [6, 6.07) is 5.89. The summed E-state index contributed by atoms with van der Waals surface area (Å²) in [5.74, 6) is 1.12. The van der Waals surface area contributed by atoms with Gasteiger partial charge in [0, 0.05) is 12.1 Å². The highest BCUT2D eigenvalue weighted by molar-refractivity contribution is 5.98. The van der Waals surface area contributed by atoms with Crippen molar-refractivity contribution in [2.75, 3.05) is 19.8 Å². The quantitative estimate of drug-likeness (QED) is 0.873. The SMILES string of the molecule is CC1NCCCC1NC(=O)c1cccc2c1OCCO2.Cl. The molecule has 2 unspecified atom stereocenters.